The maximum Gasteiger partial charge on any atom is -0.00474 e. The van der Waals surface area contributed by atoms with Crippen molar-refractivity contribution < 1.29 is 0 Å². The van der Waals surface area contributed by atoms with E-state index in [0.29, 0.717) is 10.8 Å². The van der Waals surface area contributed by atoms with E-state index in [1.54, 1.807) is 5.57 Å². The predicted octanol–water partition coefficient (Wildman–Crippen LogP) is 9.36. The molecule has 4 rings (SSSR count). The Labute approximate surface area is 188 Å². The molecule has 0 N–H and O–H groups in total. The van der Waals surface area contributed by atoms with Gasteiger partial charge in [0, 0.05) is 0 Å². The zero-order chi connectivity index (χ0) is 21.5. The van der Waals surface area contributed by atoms with Gasteiger partial charge in [0.15, 0.2) is 0 Å². The van der Waals surface area contributed by atoms with Crippen molar-refractivity contribution in [3.63, 3.8) is 0 Å². The molecule has 0 aliphatic heterocycles. The summed E-state index contributed by atoms with van der Waals surface area (Å²) in [6, 6.07) is 0. The fourth-order valence-electron chi connectivity index (χ4n) is 8.58. The molecule has 0 aromatic rings. The highest BCUT2D eigenvalue weighted by Crippen LogP contribution is 2.64. The van der Waals surface area contributed by atoms with Gasteiger partial charge in [-0.15, -0.1) is 0 Å². The SMILES string of the molecule is CC(C)CCCC(C)C1CCCCC2C3=CC=C4CC(C)CCC4(C)C3CCC21C. The predicted molar refractivity (Wildman–Crippen MR) is 131 cm³/mol. The summed E-state index contributed by atoms with van der Waals surface area (Å²) < 4.78 is 0. The van der Waals surface area contributed by atoms with E-state index in [1.807, 2.05) is 5.57 Å². The molecule has 0 radical (unpaired) electrons. The van der Waals surface area contributed by atoms with Gasteiger partial charge in [0.05, 0.1) is 0 Å². The number of allylic oxidation sites excluding steroid dienone is 4. The van der Waals surface area contributed by atoms with Crippen LogP contribution in [-0.2, 0) is 0 Å². The van der Waals surface area contributed by atoms with Gasteiger partial charge in [0.25, 0.3) is 0 Å². The first kappa shape index (κ1) is 22.7. The molecular weight excluding hydrogens is 360 g/mol. The molecule has 3 saturated carbocycles. The minimum absolute atomic E-state index is 0.475. The van der Waals surface area contributed by atoms with Gasteiger partial charge in [-0.25, -0.2) is 0 Å². The van der Waals surface area contributed by atoms with Crippen molar-refractivity contribution in [2.24, 2.45) is 46.3 Å². The fourth-order valence-corrected chi connectivity index (χ4v) is 8.58. The molecule has 30 heavy (non-hydrogen) atoms. The molecule has 4 aliphatic carbocycles. The van der Waals surface area contributed by atoms with Crippen LogP contribution in [0.5, 0.6) is 0 Å². The van der Waals surface area contributed by atoms with E-state index in [1.165, 1.54) is 77.0 Å². The summed E-state index contributed by atoms with van der Waals surface area (Å²) in [4.78, 5) is 0. The quantitative estimate of drug-likeness (QED) is 0.423. The van der Waals surface area contributed by atoms with Gasteiger partial charge >= 0.3 is 0 Å². The Balaban J connectivity index is 1.59. The molecule has 3 fully saturated rings. The van der Waals surface area contributed by atoms with Crippen LogP contribution in [0.1, 0.15) is 119 Å². The molecule has 0 amide bonds. The molecule has 0 spiro atoms. The summed E-state index contributed by atoms with van der Waals surface area (Å²) in [5.41, 5.74) is 4.71. The van der Waals surface area contributed by atoms with Crippen LogP contribution in [0.15, 0.2) is 23.3 Å². The van der Waals surface area contributed by atoms with E-state index in [4.69, 9.17) is 0 Å². The highest BCUT2D eigenvalue weighted by Gasteiger charge is 2.54. The Hall–Kier alpha value is -0.520. The topological polar surface area (TPSA) is 0 Å². The second-order valence-corrected chi connectivity index (χ2v) is 13.0. The number of rotatable bonds is 5. The Morgan fingerprint density at radius 3 is 2.43 bits per heavy atom. The Morgan fingerprint density at radius 2 is 1.67 bits per heavy atom. The summed E-state index contributed by atoms with van der Waals surface area (Å²) in [6.45, 7) is 15.2. The number of hydrogen-bond acceptors (Lipinski definition) is 0. The fraction of sp³-hybridized carbons (Fsp3) is 0.867. The van der Waals surface area contributed by atoms with Crippen LogP contribution in [0.2, 0.25) is 0 Å². The van der Waals surface area contributed by atoms with E-state index in [2.05, 4.69) is 53.7 Å². The number of hydrogen-bond donors (Lipinski definition) is 0. The standard InChI is InChI=1S/C30H50/c1-21(2)10-9-11-23(4)26-12-7-8-13-27-25-15-14-24-20-22(3)16-18-29(24,5)28(25)17-19-30(26,27)6/h14-15,21-23,26-28H,7-13,16-20H2,1-6H3. The molecule has 0 aromatic carbocycles. The largest absolute Gasteiger partial charge is 0.0634 e. The smallest absolute Gasteiger partial charge is 0.00474 e. The first-order valence-electron chi connectivity index (χ1n) is 13.7. The summed E-state index contributed by atoms with van der Waals surface area (Å²) in [6.07, 6.45) is 22.6. The van der Waals surface area contributed by atoms with Crippen molar-refractivity contribution in [3.8, 4) is 0 Å². The zero-order valence-corrected chi connectivity index (χ0v) is 21.1. The van der Waals surface area contributed by atoms with E-state index in [-0.39, 0.29) is 0 Å². The summed E-state index contributed by atoms with van der Waals surface area (Å²) in [7, 11) is 0. The minimum atomic E-state index is 0.475. The van der Waals surface area contributed by atoms with Gasteiger partial charge in [-0.2, -0.15) is 0 Å². The third-order valence-electron chi connectivity index (χ3n) is 10.5. The normalized spacial score (nSPS) is 42.4. The van der Waals surface area contributed by atoms with Crippen molar-refractivity contribution in [3.05, 3.63) is 23.3 Å². The van der Waals surface area contributed by atoms with Crippen LogP contribution in [0.25, 0.3) is 0 Å². The number of fused-ring (bicyclic) bond motifs is 5. The van der Waals surface area contributed by atoms with Crippen LogP contribution in [0.4, 0.5) is 0 Å². The van der Waals surface area contributed by atoms with Gasteiger partial charge in [0.2, 0.25) is 0 Å². The van der Waals surface area contributed by atoms with Crippen molar-refractivity contribution in [2.75, 3.05) is 0 Å². The summed E-state index contributed by atoms with van der Waals surface area (Å²) in [5, 5.41) is 0. The van der Waals surface area contributed by atoms with Gasteiger partial charge in [0.1, 0.15) is 0 Å². The maximum absolute atomic E-state index is 2.73. The molecule has 0 bridgehead atoms. The Morgan fingerprint density at radius 1 is 0.900 bits per heavy atom. The lowest BCUT2D eigenvalue weighted by Gasteiger charge is -2.57. The van der Waals surface area contributed by atoms with Gasteiger partial charge in [-0.05, 0) is 91.3 Å². The van der Waals surface area contributed by atoms with Crippen LogP contribution in [-0.4, -0.2) is 0 Å². The van der Waals surface area contributed by atoms with E-state index >= 15 is 0 Å². The van der Waals surface area contributed by atoms with Crippen molar-refractivity contribution in [2.45, 2.75) is 119 Å². The van der Waals surface area contributed by atoms with Gasteiger partial charge < -0.3 is 0 Å². The molecule has 0 aromatic heterocycles. The third-order valence-corrected chi connectivity index (χ3v) is 10.5. The van der Waals surface area contributed by atoms with Crippen molar-refractivity contribution in [1.82, 2.24) is 0 Å². The first-order valence-corrected chi connectivity index (χ1v) is 13.7. The summed E-state index contributed by atoms with van der Waals surface area (Å²) in [5.74, 6) is 5.28. The van der Waals surface area contributed by atoms with E-state index < -0.39 is 0 Å². The van der Waals surface area contributed by atoms with Crippen LogP contribution >= 0.6 is 0 Å². The van der Waals surface area contributed by atoms with E-state index in [0.717, 1.165) is 35.5 Å². The Kier molecular flexibility index (Phi) is 6.64. The summed E-state index contributed by atoms with van der Waals surface area (Å²) >= 11 is 0. The molecule has 0 heteroatoms. The second kappa shape index (κ2) is 8.78. The first-order chi connectivity index (χ1) is 14.3. The molecule has 0 saturated heterocycles. The van der Waals surface area contributed by atoms with E-state index in [9.17, 15) is 0 Å². The minimum Gasteiger partial charge on any atom is -0.0634 e. The molecular formula is C30H50. The zero-order valence-electron chi connectivity index (χ0n) is 21.1. The van der Waals surface area contributed by atoms with Crippen LogP contribution < -0.4 is 0 Å². The lowest BCUT2D eigenvalue weighted by atomic mass is 9.47. The molecule has 4 aliphatic rings. The maximum atomic E-state index is 2.73. The lowest BCUT2D eigenvalue weighted by molar-refractivity contribution is 0.00612. The van der Waals surface area contributed by atoms with Crippen LogP contribution in [0, 0.1) is 46.3 Å². The molecule has 0 heterocycles. The third kappa shape index (κ3) is 3.99. The van der Waals surface area contributed by atoms with Gasteiger partial charge in [-0.3, -0.25) is 0 Å². The monoisotopic (exact) mass is 410 g/mol. The molecule has 7 unspecified atom stereocenters. The second-order valence-electron chi connectivity index (χ2n) is 13.0. The molecule has 170 valence electrons. The van der Waals surface area contributed by atoms with Crippen LogP contribution in [0.3, 0.4) is 0 Å². The Bertz CT molecular complexity index is 666. The van der Waals surface area contributed by atoms with Crippen molar-refractivity contribution in [1.29, 1.82) is 0 Å². The average molecular weight is 411 g/mol. The highest BCUT2D eigenvalue weighted by molar-refractivity contribution is 5.38. The molecule has 7 atom stereocenters. The highest BCUT2D eigenvalue weighted by atomic mass is 14.6. The average Bonchev–Trinajstić information content (AvgIpc) is 2.86. The lowest BCUT2D eigenvalue weighted by Crippen LogP contribution is -2.48. The van der Waals surface area contributed by atoms with Gasteiger partial charge in [-0.1, -0.05) is 96.9 Å². The molecule has 0 nitrogen and oxygen atoms in total. The van der Waals surface area contributed by atoms with Crippen molar-refractivity contribution >= 4 is 0 Å².